The van der Waals surface area contributed by atoms with E-state index in [9.17, 15) is 8.42 Å². The molecule has 0 aliphatic heterocycles. The number of ether oxygens (including phenoxy) is 2. The van der Waals surface area contributed by atoms with Crippen molar-refractivity contribution in [1.82, 2.24) is 5.32 Å². The highest BCUT2D eigenvalue weighted by Gasteiger charge is 2.06. The second kappa shape index (κ2) is 8.57. The van der Waals surface area contributed by atoms with E-state index in [1.54, 1.807) is 38.5 Å². The first kappa shape index (κ1) is 19.6. The molecule has 0 aliphatic rings. The fourth-order valence-corrected chi connectivity index (χ4v) is 2.89. The lowest BCUT2D eigenvalue weighted by molar-refractivity contribution is 0.354. The molecule has 0 atom stereocenters. The fourth-order valence-electron chi connectivity index (χ4n) is 2.26. The molecule has 0 amide bonds. The van der Waals surface area contributed by atoms with Crippen LogP contribution >= 0.6 is 0 Å². The average Bonchev–Trinajstić information content (AvgIpc) is 2.64. The maximum absolute atomic E-state index is 11.4. The monoisotopic (exact) mass is 377 g/mol. The summed E-state index contributed by atoms with van der Waals surface area (Å²) in [5, 5.41) is 3.00. The zero-order valence-corrected chi connectivity index (χ0v) is 15.8. The molecule has 0 fully saturated rings. The largest absolute Gasteiger partial charge is 0.493 e. The van der Waals surface area contributed by atoms with Crippen LogP contribution in [-0.4, -0.2) is 34.9 Å². The number of aliphatic imine (C=N–C) groups is 1. The van der Waals surface area contributed by atoms with Crippen LogP contribution in [0.1, 0.15) is 11.1 Å². The zero-order chi connectivity index (χ0) is 19.2. The van der Waals surface area contributed by atoms with Crippen LogP contribution in [-0.2, 0) is 22.9 Å². The van der Waals surface area contributed by atoms with E-state index in [1.165, 1.54) is 6.26 Å². The molecule has 8 heteroatoms. The molecule has 0 bridgehead atoms. The van der Waals surface area contributed by atoms with Gasteiger partial charge in [0.05, 0.1) is 25.7 Å². The Hall–Kier alpha value is -2.74. The van der Waals surface area contributed by atoms with Gasteiger partial charge >= 0.3 is 0 Å². The summed E-state index contributed by atoms with van der Waals surface area (Å²) in [6.45, 7) is 0.845. The van der Waals surface area contributed by atoms with E-state index in [1.807, 2.05) is 18.2 Å². The van der Waals surface area contributed by atoms with Gasteiger partial charge in [-0.15, -0.1) is 0 Å². The highest BCUT2D eigenvalue weighted by Crippen LogP contribution is 2.27. The molecule has 140 valence electrons. The molecular formula is C18H23N3O4S. The van der Waals surface area contributed by atoms with E-state index >= 15 is 0 Å². The van der Waals surface area contributed by atoms with Gasteiger partial charge in [-0.25, -0.2) is 13.4 Å². The van der Waals surface area contributed by atoms with Crippen LogP contribution in [0.25, 0.3) is 0 Å². The van der Waals surface area contributed by atoms with Gasteiger partial charge in [-0.1, -0.05) is 18.2 Å². The number of guanidine groups is 1. The van der Waals surface area contributed by atoms with Gasteiger partial charge in [0.2, 0.25) is 0 Å². The minimum atomic E-state index is -3.19. The van der Waals surface area contributed by atoms with Crippen molar-refractivity contribution < 1.29 is 17.9 Å². The van der Waals surface area contributed by atoms with Gasteiger partial charge in [-0.3, -0.25) is 0 Å². The lowest BCUT2D eigenvalue weighted by Gasteiger charge is -2.09. The lowest BCUT2D eigenvalue weighted by atomic mass is 10.2. The third-order valence-corrected chi connectivity index (χ3v) is 4.83. The summed E-state index contributed by atoms with van der Waals surface area (Å²) in [5.41, 5.74) is 7.72. The summed E-state index contributed by atoms with van der Waals surface area (Å²) >= 11 is 0. The number of hydrogen-bond acceptors (Lipinski definition) is 5. The molecular weight excluding hydrogens is 354 g/mol. The van der Waals surface area contributed by atoms with Crippen molar-refractivity contribution in [3.05, 3.63) is 53.6 Å². The van der Waals surface area contributed by atoms with Crippen molar-refractivity contribution in [3.8, 4) is 11.5 Å². The molecule has 2 rings (SSSR count). The third-order valence-electron chi connectivity index (χ3n) is 3.71. The zero-order valence-electron chi connectivity index (χ0n) is 15.0. The number of sulfone groups is 1. The topological polar surface area (TPSA) is 103 Å². The van der Waals surface area contributed by atoms with Gasteiger partial charge in [0.25, 0.3) is 0 Å². The van der Waals surface area contributed by atoms with Gasteiger partial charge < -0.3 is 20.5 Å². The molecule has 0 aromatic heterocycles. The molecule has 0 saturated carbocycles. The second-order valence-electron chi connectivity index (χ2n) is 5.66. The number of methoxy groups -OCH3 is 2. The first-order valence-electron chi connectivity index (χ1n) is 7.87. The second-order valence-corrected chi connectivity index (χ2v) is 7.68. The minimum Gasteiger partial charge on any atom is -0.493 e. The van der Waals surface area contributed by atoms with Crippen LogP contribution in [0.15, 0.2) is 52.4 Å². The molecule has 0 saturated heterocycles. The van der Waals surface area contributed by atoms with Crippen LogP contribution < -0.4 is 20.5 Å². The van der Waals surface area contributed by atoms with E-state index in [0.29, 0.717) is 30.5 Å². The summed E-state index contributed by atoms with van der Waals surface area (Å²) < 4.78 is 33.3. The Balaban J connectivity index is 1.94. The maximum atomic E-state index is 11.4. The number of nitrogens with two attached hydrogens (primary N) is 1. The Bertz CT molecular complexity index is 878. The van der Waals surface area contributed by atoms with Gasteiger partial charge in [-0.2, -0.15) is 0 Å². The van der Waals surface area contributed by atoms with Crippen molar-refractivity contribution in [2.24, 2.45) is 10.7 Å². The van der Waals surface area contributed by atoms with Crippen molar-refractivity contribution in [2.45, 2.75) is 18.0 Å². The summed E-state index contributed by atoms with van der Waals surface area (Å²) in [6.07, 6.45) is 1.18. The predicted molar refractivity (Wildman–Crippen MR) is 101 cm³/mol. The molecule has 0 heterocycles. The van der Waals surface area contributed by atoms with Gasteiger partial charge in [0.15, 0.2) is 27.3 Å². The van der Waals surface area contributed by atoms with Gasteiger partial charge in [0, 0.05) is 12.8 Å². The minimum absolute atomic E-state index is 0.288. The van der Waals surface area contributed by atoms with E-state index in [0.717, 1.165) is 11.1 Å². The summed E-state index contributed by atoms with van der Waals surface area (Å²) in [5.74, 6) is 1.59. The van der Waals surface area contributed by atoms with Crippen molar-refractivity contribution in [2.75, 3.05) is 20.5 Å². The normalized spacial score (nSPS) is 11.9. The summed E-state index contributed by atoms with van der Waals surface area (Å²) in [4.78, 5) is 4.58. The molecule has 2 aromatic rings. The number of rotatable bonds is 7. The van der Waals surface area contributed by atoms with Crippen LogP contribution in [0.3, 0.4) is 0 Å². The molecule has 2 aromatic carbocycles. The van der Waals surface area contributed by atoms with Crippen LogP contribution in [0, 0.1) is 0 Å². The van der Waals surface area contributed by atoms with Crippen LogP contribution in [0.2, 0.25) is 0 Å². The molecule has 7 nitrogen and oxygen atoms in total. The van der Waals surface area contributed by atoms with Crippen molar-refractivity contribution in [3.63, 3.8) is 0 Å². The third kappa shape index (κ3) is 5.38. The number of benzene rings is 2. The molecule has 0 unspecified atom stereocenters. The van der Waals surface area contributed by atoms with Gasteiger partial charge in [-0.05, 0) is 35.4 Å². The van der Waals surface area contributed by atoms with Crippen LogP contribution in [0.5, 0.6) is 11.5 Å². The molecule has 0 radical (unpaired) electrons. The standard InChI is InChI=1S/C18H23N3O4S/c1-24-16-9-6-14(10-17(16)25-2)12-21-18(19)20-11-13-4-7-15(8-5-13)26(3,22)23/h4-10H,11-12H2,1-3H3,(H3,19,20,21). The number of nitrogens with one attached hydrogen (secondary N) is 1. The Morgan fingerprint density at radius 1 is 1.04 bits per heavy atom. The predicted octanol–water partition coefficient (Wildman–Crippen LogP) is 1.71. The molecule has 0 aliphatic carbocycles. The SMILES string of the molecule is COc1ccc(CN=C(N)NCc2ccc(S(C)(=O)=O)cc2)cc1OC. The van der Waals surface area contributed by atoms with Gasteiger partial charge in [0.1, 0.15) is 0 Å². The van der Waals surface area contributed by atoms with E-state index in [4.69, 9.17) is 15.2 Å². The Labute approximate surface area is 153 Å². The summed E-state index contributed by atoms with van der Waals surface area (Å²) in [6, 6.07) is 12.2. The van der Waals surface area contributed by atoms with Crippen molar-refractivity contribution >= 4 is 15.8 Å². The molecule has 0 spiro atoms. The Morgan fingerprint density at radius 2 is 1.65 bits per heavy atom. The summed E-state index contributed by atoms with van der Waals surface area (Å²) in [7, 11) is -0.0264. The quantitative estimate of drug-likeness (QED) is 0.562. The number of nitrogens with zero attached hydrogens (tertiary/aromatic N) is 1. The Morgan fingerprint density at radius 3 is 2.23 bits per heavy atom. The Kier molecular flexibility index (Phi) is 6.46. The maximum Gasteiger partial charge on any atom is 0.189 e. The highest BCUT2D eigenvalue weighted by molar-refractivity contribution is 7.90. The number of hydrogen-bond donors (Lipinski definition) is 2. The lowest BCUT2D eigenvalue weighted by Crippen LogP contribution is -2.31. The van der Waals surface area contributed by atoms with Crippen molar-refractivity contribution in [1.29, 1.82) is 0 Å². The van der Waals surface area contributed by atoms with Crippen LogP contribution in [0.4, 0.5) is 0 Å². The molecule has 26 heavy (non-hydrogen) atoms. The fraction of sp³-hybridized carbons (Fsp3) is 0.278. The first-order chi connectivity index (χ1) is 12.3. The van der Waals surface area contributed by atoms with E-state index in [-0.39, 0.29) is 4.90 Å². The highest BCUT2D eigenvalue weighted by atomic mass is 32.2. The molecule has 3 N–H and O–H groups in total. The smallest absolute Gasteiger partial charge is 0.189 e. The van der Waals surface area contributed by atoms with E-state index in [2.05, 4.69) is 10.3 Å². The average molecular weight is 377 g/mol. The van der Waals surface area contributed by atoms with E-state index < -0.39 is 9.84 Å². The first-order valence-corrected chi connectivity index (χ1v) is 9.76.